The molecule has 1 N–H and O–H groups in total. The Morgan fingerprint density at radius 3 is 2.33 bits per heavy atom. The number of esters is 1. The number of hydrogen-bond donors (Lipinski definition) is 1. The van der Waals surface area contributed by atoms with Crippen molar-refractivity contribution >= 4 is 34.6 Å². The molecule has 2 heterocycles. The smallest absolute Gasteiger partial charge is 0.340 e. The Bertz CT molecular complexity index is 1560. The Labute approximate surface area is 240 Å². The van der Waals surface area contributed by atoms with Gasteiger partial charge in [0.25, 0.3) is 0 Å². The van der Waals surface area contributed by atoms with Gasteiger partial charge < -0.3 is 19.7 Å². The van der Waals surface area contributed by atoms with Crippen LogP contribution in [0.5, 0.6) is 11.5 Å². The van der Waals surface area contributed by atoms with Crippen LogP contribution in [-0.4, -0.2) is 19.1 Å². The SMILES string of the molecule is CCCCN(CCCC)c1ccc2c(c1)Oc1ccc(Nc3ccccc3Cl)cc1[C@@]21OC(=O)c2ccccc21. The molecular formula is C34H33ClN2O3. The first kappa shape index (κ1) is 26.3. The third kappa shape index (κ3) is 4.48. The van der Waals surface area contributed by atoms with Gasteiger partial charge >= 0.3 is 5.97 Å². The van der Waals surface area contributed by atoms with Crippen LogP contribution in [-0.2, 0) is 10.3 Å². The largest absolute Gasteiger partial charge is 0.456 e. The number of benzene rings is 4. The van der Waals surface area contributed by atoms with Crippen LogP contribution in [0.3, 0.4) is 0 Å². The number of fused-ring (bicyclic) bond motifs is 6. The second-order valence-electron chi connectivity index (χ2n) is 10.4. The summed E-state index contributed by atoms with van der Waals surface area (Å²) in [5.41, 5.74) is 4.60. The van der Waals surface area contributed by atoms with Crippen molar-refractivity contribution in [3.05, 3.63) is 112 Å². The van der Waals surface area contributed by atoms with Gasteiger partial charge in [-0.2, -0.15) is 0 Å². The molecular weight excluding hydrogens is 520 g/mol. The third-order valence-electron chi connectivity index (χ3n) is 7.78. The topological polar surface area (TPSA) is 50.8 Å². The van der Waals surface area contributed by atoms with Gasteiger partial charge in [0.15, 0.2) is 5.60 Å². The van der Waals surface area contributed by atoms with E-state index in [-0.39, 0.29) is 5.97 Å². The van der Waals surface area contributed by atoms with E-state index in [9.17, 15) is 4.79 Å². The molecule has 2 aliphatic heterocycles. The van der Waals surface area contributed by atoms with Gasteiger partial charge in [-0.1, -0.05) is 68.6 Å². The summed E-state index contributed by atoms with van der Waals surface area (Å²) < 4.78 is 13.0. The standard InChI is InChI=1S/C34H33ClN2O3/c1-3-5-19-37(20-6-4-2)24-16-17-27-32(22-24)39-31-18-15-23(36-30-14-10-9-13-29(30)35)21-28(31)34(27)26-12-8-7-11-25(26)33(38)40-34/h7-18,21-22,36H,3-6,19-20H2,1-2H3/t34-/m0/s1. The van der Waals surface area contributed by atoms with Crippen LogP contribution in [0.4, 0.5) is 17.1 Å². The number of ether oxygens (including phenoxy) is 2. The second kappa shape index (κ2) is 10.9. The van der Waals surface area contributed by atoms with Gasteiger partial charge in [0, 0.05) is 47.2 Å². The first-order valence-corrected chi connectivity index (χ1v) is 14.5. The Morgan fingerprint density at radius 1 is 0.800 bits per heavy atom. The summed E-state index contributed by atoms with van der Waals surface area (Å²) in [5.74, 6) is 1.03. The predicted octanol–water partition coefficient (Wildman–Crippen LogP) is 9.06. The lowest BCUT2D eigenvalue weighted by molar-refractivity contribution is 0.0224. The zero-order valence-corrected chi connectivity index (χ0v) is 23.6. The van der Waals surface area contributed by atoms with Crippen molar-refractivity contribution in [2.75, 3.05) is 23.3 Å². The van der Waals surface area contributed by atoms with Crippen LogP contribution in [0.2, 0.25) is 5.02 Å². The summed E-state index contributed by atoms with van der Waals surface area (Å²) >= 11 is 6.43. The molecule has 0 aliphatic carbocycles. The number of para-hydroxylation sites is 1. The molecule has 1 atom stereocenters. The van der Waals surface area contributed by atoms with Gasteiger partial charge in [-0.25, -0.2) is 4.79 Å². The first-order valence-electron chi connectivity index (χ1n) is 14.1. The molecule has 6 heteroatoms. The van der Waals surface area contributed by atoms with Crippen molar-refractivity contribution in [2.24, 2.45) is 0 Å². The summed E-state index contributed by atoms with van der Waals surface area (Å²) in [4.78, 5) is 15.7. The van der Waals surface area contributed by atoms with Crippen LogP contribution < -0.4 is 15.0 Å². The number of unbranched alkanes of at least 4 members (excludes halogenated alkanes) is 2. The molecule has 0 radical (unpaired) electrons. The highest BCUT2D eigenvalue weighted by molar-refractivity contribution is 6.33. The van der Waals surface area contributed by atoms with Crippen molar-refractivity contribution in [2.45, 2.75) is 45.1 Å². The average molecular weight is 553 g/mol. The van der Waals surface area contributed by atoms with Crippen LogP contribution >= 0.6 is 11.6 Å². The lowest BCUT2D eigenvalue weighted by Crippen LogP contribution is -2.33. The van der Waals surface area contributed by atoms with Crippen molar-refractivity contribution in [3.63, 3.8) is 0 Å². The van der Waals surface area contributed by atoms with Gasteiger partial charge in [-0.15, -0.1) is 0 Å². The van der Waals surface area contributed by atoms with Crippen LogP contribution in [0.15, 0.2) is 84.9 Å². The summed E-state index contributed by atoms with van der Waals surface area (Å²) in [6, 6.07) is 27.5. The van der Waals surface area contributed by atoms with Crippen LogP contribution in [0, 0.1) is 0 Å². The molecule has 2 aliphatic rings. The van der Waals surface area contributed by atoms with Gasteiger partial charge in [0.05, 0.1) is 16.3 Å². The molecule has 5 nitrogen and oxygen atoms in total. The van der Waals surface area contributed by atoms with Crippen LogP contribution in [0.1, 0.15) is 66.6 Å². The zero-order valence-electron chi connectivity index (χ0n) is 22.9. The molecule has 4 aromatic carbocycles. The molecule has 0 unspecified atom stereocenters. The summed E-state index contributed by atoms with van der Waals surface area (Å²) in [5, 5.41) is 4.04. The lowest BCUT2D eigenvalue weighted by Gasteiger charge is -2.37. The minimum absolute atomic E-state index is 0.338. The summed E-state index contributed by atoms with van der Waals surface area (Å²) in [6.45, 7) is 6.42. The summed E-state index contributed by atoms with van der Waals surface area (Å²) in [7, 11) is 0. The maximum absolute atomic E-state index is 13.3. The number of carbonyl (C=O) groups is 1. The quantitative estimate of drug-likeness (QED) is 0.210. The van der Waals surface area contributed by atoms with E-state index in [2.05, 4.69) is 42.3 Å². The number of nitrogens with one attached hydrogen (secondary N) is 1. The maximum Gasteiger partial charge on any atom is 0.340 e. The summed E-state index contributed by atoms with van der Waals surface area (Å²) in [6.07, 6.45) is 4.52. The monoisotopic (exact) mass is 552 g/mol. The number of nitrogens with zero attached hydrogens (tertiary/aromatic N) is 1. The first-order chi connectivity index (χ1) is 19.5. The predicted molar refractivity (Wildman–Crippen MR) is 161 cm³/mol. The number of halogens is 1. The molecule has 0 fully saturated rings. The Kier molecular flexibility index (Phi) is 7.16. The van der Waals surface area contributed by atoms with E-state index in [1.807, 2.05) is 66.7 Å². The van der Waals surface area contributed by atoms with Gasteiger partial charge in [-0.3, -0.25) is 0 Å². The molecule has 40 heavy (non-hydrogen) atoms. The van der Waals surface area contributed by atoms with Crippen molar-refractivity contribution in [1.29, 1.82) is 0 Å². The number of anilines is 3. The Morgan fingerprint density at radius 2 is 1.55 bits per heavy atom. The van der Waals surface area contributed by atoms with Crippen molar-refractivity contribution in [3.8, 4) is 11.5 Å². The van der Waals surface area contributed by atoms with Crippen molar-refractivity contribution < 1.29 is 14.3 Å². The molecule has 0 aromatic heterocycles. The molecule has 0 bridgehead atoms. The molecule has 4 aromatic rings. The van der Waals surface area contributed by atoms with E-state index in [4.69, 9.17) is 21.1 Å². The second-order valence-corrected chi connectivity index (χ2v) is 10.8. The van der Waals surface area contributed by atoms with E-state index in [1.165, 1.54) is 0 Å². The van der Waals surface area contributed by atoms with Gasteiger partial charge in [-0.05, 0) is 61.4 Å². The maximum atomic E-state index is 13.3. The fraction of sp³-hybridized carbons (Fsp3) is 0.265. The Balaban J connectivity index is 1.49. The third-order valence-corrected chi connectivity index (χ3v) is 8.11. The lowest BCUT2D eigenvalue weighted by atomic mass is 9.77. The molecule has 0 saturated heterocycles. The molecule has 0 amide bonds. The number of carbonyl (C=O) groups excluding carboxylic acids is 1. The number of rotatable bonds is 9. The van der Waals surface area contributed by atoms with Gasteiger partial charge in [0.1, 0.15) is 11.5 Å². The van der Waals surface area contributed by atoms with E-state index in [0.717, 1.165) is 72.5 Å². The Hall–Kier alpha value is -3.96. The average Bonchev–Trinajstić information content (AvgIpc) is 3.27. The van der Waals surface area contributed by atoms with Crippen molar-refractivity contribution in [1.82, 2.24) is 0 Å². The fourth-order valence-corrected chi connectivity index (χ4v) is 5.90. The highest BCUT2D eigenvalue weighted by atomic mass is 35.5. The minimum atomic E-state index is -1.12. The zero-order chi connectivity index (χ0) is 27.7. The molecule has 1 spiro atoms. The van der Waals surface area contributed by atoms with Gasteiger partial charge in [0.2, 0.25) is 0 Å². The highest BCUT2D eigenvalue weighted by Crippen LogP contribution is 2.57. The molecule has 6 rings (SSSR count). The molecule has 204 valence electrons. The normalized spacial score (nSPS) is 16.5. The van der Waals surface area contributed by atoms with E-state index >= 15 is 0 Å². The highest BCUT2D eigenvalue weighted by Gasteiger charge is 2.53. The van der Waals surface area contributed by atoms with E-state index in [0.29, 0.717) is 22.1 Å². The minimum Gasteiger partial charge on any atom is -0.456 e. The van der Waals surface area contributed by atoms with E-state index in [1.54, 1.807) is 0 Å². The van der Waals surface area contributed by atoms with Crippen LogP contribution in [0.25, 0.3) is 0 Å². The fourth-order valence-electron chi connectivity index (χ4n) is 5.72. The van der Waals surface area contributed by atoms with E-state index < -0.39 is 5.60 Å². The number of hydrogen-bond acceptors (Lipinski definition) is 5. The molecule has 0 saturated carbocycles.